The summed E-state index contributed by atoms with van der Waals surface area (Å²) in [5.41, 5.74) is 2.50. The zero-order valence-corrected chi connectivity index (χ0v) is 15.8. The molecule has 0 fully saturated rings. The van der Waals surface area contributed by atoms with Gasteiger partial charge in [0.1, 0.15) is 5.75 Å². The molecule has 24 heavy (non-hydrogen) atoms. The summed E-state index contributed by atoms with van der Waals surface area (Å²) in [6.45, 7) is 2.08. The van der Waals surface area contributed by atoms with Gasteiger partial charge in [-0.1, -0.05) is 31.2 Å². The molecule has 0 aliphatic carbocycles. The van der Waals surface area contributed by atoms with Crippen molar-refractivity contribution in [3.05, 3.63) is 69.3 Å². The van der Waals surface area contributed by atoms with Crippen molar-refractivity contribution in [2.75, 3.05) is 12.4 Å². The first kappa shape index (κ1) is 16.8. The molecule has 0 saturated heterocycles. The molecule has 3 rings (SSSR count). The normalized spacial score (nSPS) is 10.6. The number of halogens is 1. The molecule has 0 saturated carbocycles. The molecule has 3 nitrogen and oxygen atoms in total. The standard InChI is InChI=1S/C20H18INO2/c1-3-13-10-16(21)8-9-18(13)22-20(23)17-11-14-6-4-5-7-15(14)12-19(17)24-2/h4-12H,3H2,1-2H3,(H,22,23). The van der Waals surface area contributed by atoms with Crippen molar-refractivity contribution in [2.45, 2.75) is 13.3 Å². The van der Waals surface area contributed by atoms with Crippen LogP contribution >= 0.6 is 22.6 Å². The van der Waals surface area contributed by atoms with E-state index in [9.17, 15) is 4.79 Å². The molecular weight excluding hydrogens is 413 g/mol. The van der Waals surface area contributed by atoms with E-state index in [1.807, 2.05) is 48.5 Å². The van der Waals surface area contributed by atoms with Gasteiger partial charge >= 0.3 is 0 Å². The van der Waals surface area contributed by atoms with E-state index in [0.29, 0.717) is 11.3 Å². The van der Waals surface area contributed by atoms with Crippen LogP contribution in [0, 0.1) is 3.57 Å². The minimum Gasteiger partial charge on any atom is -0.496 e. The minimum atomic E-state index is -0.159. The fourth-order valence-corrected chi connectivity index (χ4v) is 3.29. The first-order valence-corrected chi connectivity index (χ1v) is 8.86. The third kappa shape index (κ3) is 3.38. The second-order valence-electron chi connectivity index (χ2n) is 5.51. The number of anilines is 1. The lowest BCUT2D eigenvalue weighted by atomic mass is 10.0. The van der Waals surface area contributed by atoms with Gasteiger partial charge in [0, 0.05) is 9.26 Å². The Labute approximate surface area is 155 Å². The van der Waals surface area contributed by atoms with E-state index < -0.39 is 0 Å². The number of carbonyl (C=O) groups is 1. The Balaban J connectivity index is 1.99. The van der Waals surface area contributed by atoms with Crippen LogP contribution in [-0.4, -0.2) is 13.0 Å². The number of benzene rings is 3. The molecule has 3 aromatic carbocycles. The van der Waals surface area contributed by atoms with E-state index in [0.717, 1.165) is 32.0 Å². The lowest BCUT2D eigenvalue weighted by Crippen LogP contribution is -2.14. The van der Waals surface area contributed by atoms with E-state index >= 15 is 0 Å². The number of hydrogen-bond acceptors (Lipinski definition) is 2. The molecule has 0 radical (unpaired) electrons. The maximum Gasteiger partial charge on any atom is 0.259 e. The summed E-state index contributed by atoms with van der Waals surface area (Å²) >= 11 is 2.28. The van der Waals surface area contributed by atoms with Gasteiger partial charge < -0.3 is 10.1 Å². The minimum absolute atomic E-state index is 0.159. The summed E-state index contributed by atoms with van der Waals surface area (Å²) in [6, 6.07) is 17.8. The third-order valence-corrected chi connectivity index (χ3v) is 4.68. The quantitative estimate of drug-likeness (QED) is 0.572. The van der Waals surface area contributed by atoms with Crippen molar-refractivity contribution in [1.29, 1.82) is 0 Å². The van der Waals surface area contributed by atoms with Gasteiger partial charge in [-0.05, 0) is 75.7 Å². The lowest BCUT2D eigenvalue weighted by Gasteiger charge is -2.13. The molecule has 4 heteroatoms. The molecule has 1 N–H and O–H groups in total. The Hall–Kier alpha value is -2.08. The number of rotatable bonds is 4. The van der Waals surface area contributed by atoms with Gasteiger partial charge in [0.05, 0.1) is 12.7 Å². The highest BCUT2D eigenvalue weighted by molar-refractivity contribution is 14.1. The monoisotopic (exact) mass is 431 g/mol. The van der Waals surface area contributed by atoms with Gasteiger partial charge in [0.2, 0.25) is 0 Å². The van der Waals surface area contributed by atoms with Crippen LogP contribution < -0.4 is 10.1 Å². The number of hydrogen-bond donors (Lipinski definition) is 1. The van der Waals surface area contributed by atoms with Crippen LogP contribution in [0.5, 0.6) is 5.75 Å². The number of methoxy groups -OCH3 is 1. The van der Waals surface area contributed by atoms with Crippen molar-refractivity contribution in [1.82, 2.24) is 0 Å². The number of amides is 1. The predicted octanol–water partition coefficient (Wildman–Crippen LogP) is 5.27. The fourth-order valence-electron chi connectivity index (χ4n) is 2.73. The van der Waals surface area contributed by atoms with Crippen LogP contribution in [-0.2, 0) is 6.42 Å². The Morgan fingerprint density at radius 3 is 2.46 bits per heavy atom. The zero-order valence-electron chi connectivity index (χ0n) is 13.6. The summed E-state index contributed by atoms with van der Waals surface area (Å²) < 4.78 is 6.58. The molecule has 0 bridgehead atoms. The van der Waals surface area contributed by atoms with Gasteiger partial charge in [-0.15, -0.1) is 0 Å². The van der Waals surface area contributed by atoms with Crippen LogP contribution in [0.4, 0.5) is 5.69 Å². The van der Waals surface area contributed by atoms with E-state index in [1.54, 1.807) is 7.11 Å². The number of fused-ring (bicyclic) bond motifs is 1. The molecule has 0 aliphatic rings. The number of nitrogens with one attached hydrogen (secondary N) is 1. The van der Waals surface area contributed by atoms with E-state index in [-0.39, 0.29) is 5.91 Å². The highest BCUT2D eigenvalue weighted by atomic mass is 127. The second kappa shape index (κ2) is 7.21. The van der Waals surface area contributed by atoms with Gasteiger partial charge in [-0.2, -0.15) is 0 Å². The van der Waals surface area contributed by atoms with Crippen molar-refractivity contribution >= 4 is 45.0 Å². The molecule has 0 spiro atoms. The third-order valence-electron chi connectivity index (χ3n) is 4.01. The topological polar surface area (TPSA) is 38.3 Å². The van der Waals surface area contributed by atoms with Crippen molar-refractivity contribution in [2.24, 2.45) is 0 Å². The van der Waals surface area contributed by atoms with Gasteiger partial charge in [-0.3, -0.25) is 4.79 Å². The molecule has 3 aromatic rings. The van der Waals surface area contributed by atoms with Crippen molar-refractivity contribution in [3.8, 4) is 5.75 Å². The molecule has 0 heterocycles. The maximum absolute atomic E-state index is 12.8. The first-order valence-electron chi connectivity index (χ1n) is 7.79. The first-order chi connectivity index (χ1) is 11.6. The Kier molecular flexibility index (Phi) is 5.04. The van der Waals surface area contributed by atoms with Crippen LogP contribution in [0.2, 0.25) is 0 Å². The largest absolute Gasteiger partial charge is 0.496 e. The molecule has 1 amide bonds. The maximum atomic E-state index is 12.8. The van der Waals surface area contributed by atoms with Gasteiger partial charge in [0.15, 0.2) is 0 Å². The number of carbonyl (C=O) groups excluding carboxylic acids is 1. The Morgan fingerprint density at radius 2 is 1.79 bits per heavy atom. The zero-order chi connectivity index (χ0) is 17.1. The smallest absolute Gasteiger partial charge is 0.259 e. The van der Waals surface area contributed by atoms with Crippen LogP contribution in [0.1, 0.15) is 22.8 Å². The SMILES string of the molecule is CCc1cc(I)ccc1NC(=O)c1cc2ccccc2cc1OC. The average Bonchev–Trinajstić information content (AvgIpc) is 2.61. The highest BCUT2D eigenvalue weighted by Crippen LogP contribution is 2.27. The van der Waals surface area contributed by atoms with Crippen LogP contribution in [0.3, 0.4) is 0 Å². The van der Waals surface area contributed by atoms with E-state index in [1.165, 1.54) is 0 Å². The molecule has 0 aliphatic heterocycles. The highest BCUT2D eigenvalue weighted by Gasteiger charge is 2.15. The second-order valence-corrected chi connectivity index (χ2v) is 6.75. The van der Waals surface area contributed by atoms with E-state index in [2.05, 4.69) is 40.9 Å². The summed E-state index contributed by atoms with van der Waals surface area (Å²) in [7, 11) is 1.59. The summed E-state index contributed by atoms with van der Waals surface area (Å²) in [4.78, 5) is 12.8. The molecular formula is C20H18INO2. The van der Waals surface area contributed by atoms with Crippen LogP contribution in [0.25, 0.3) is 10.8 Å². The number of aryl methyl sites for hydroxylation is 1. The Morgan fingerprint density at radius 1 is 1.08 bits per heavy atom. The lowest BCUT2D eigenvalue weighted by molar-refractivity contribution is 0.102. The molecule has 0 atom stereocenters. The van der Waals surface area contributed by atoms with Gasteiger partial charge in [0.25, 0.3) is 5.91 Å². The number of ether oxygens (including phenoxy) is 1. The van der Waals surface area contributed by atoms with Crippen LogP contribution in [0.15, 0.2) is 54.6 Å². The van der Waals surface area contributed by atoms with Crippen molar-refractivity contribution < 1.29 is 9.53 Å². The predicted molar refractivity (Wildman–Crippen MR) is 107 cm³/mol. The summed E-state index contributed by atoms with van der Waals surface area (Å²) in [6.07, 6.45) is 0.862. The average molecular weight is 431 g/mol. The molecule has 122 valence electrons. The van der Waals surface area contributed by atoms with E-state index in [4.69, 9.17) is 4.74 Å². The molecule has 0 unspecified atom stereocenters. The molecule has 0 aromatic heterocycles. The summed E-state index contributed by atoms with van der Waals surface area (Å²) in [5, 5.41) is 5.09. The fraction of sp³-hybridized carbons (Fsp3) is 0.150. The van der Waals surface area contributed by atoms with Gasteiger partial charge in [-0.25, -0.2) is 0 Å². The Bertz CT molecular complexity index is 905. The summed E-state index contributed by atoms with van der Waals surface area (Å²) in [5.74, 6) is 0.420. The van der Waals surface area contributed by atoms with Crippen molar-refractivity contribution in [3.63, 3.8) is 0 Å².